The Morgan fingerprint density at radius 1 is 1.33 bits per heavy atom. The predicted molar refractivity (Wildman–Crippen MR) is 65.8 cm³/mol. The summed E-state index contributed by atoms with van der Waals surface area (Å²) in [4.78, 5) is 12.1. The number of fused-ring (bicyclic) bond motifs is 1. The highest BCUT2D eigenvalue weighted by atomic mass is 32.2. The molecule has 4 fully saturated rings. The Kier molecular flexibility index (Phi) is 2.71. The van der Waals surface area contributed by atoms with Crippen molar-refractivity contribution in [3.63, 3.8) is 0 Å². The van der Waals surface area contributed by atoms with Crippen LogP contribution in [0.4, 0.5) is 0 Å². The standard InChI is InChI=1S/C12H19NO4S/c1-12-6-9(13-7-12)10(12)11(14)17-8-2-4-18(15,16)5-3-8/h8-10,13H,2-7H2,1H3. The summed E-state index contributed by atoms with van der Waals surface area (Å²) in [5, 5.41) is 3.32. The molecule has 3 atom stereocenters. The second kappa shape index (κ2) is 3.93. The third-order valence-corrected chi connectivity index (χ3v) is 6.36. The van der Waals surface area contributed by atoms with Gasteiger partial charge >= 0.3 is 5.97 Å². The van der Waals surface area contributed by atoms with Gasteiger partial charge in [-0.3, -0.25) is 4.79 Å². The van der Waals surface area contributed by atoms with Gasteiger partial charge in [-0.1, -0.05) is 6.92 Å². The van der Waals surface area contributed by atoms with Gasteiger partial charge < -0.3 is 10.1 Å². The predicted octanol–water partition coefficient (Wildman–Crippen LogP) is 0.105. The molecule has 18 heavy (non-hydrogen) atoms. The van der Waals surface area contributed by atoms with Crippen molar-refractivity contribution in [2.45, 2.75) is 38.3 Å². The number of carbonyl (C=O) groups excluding carboxylic acids is 1. The molecule has 102 valence electrons. The van der Waals surface area contributed by atoms with E-state index in [1.54, 1.807) is 0 Å². The normalized spacial score (nSPS) is 42.3. The molecule has 0 spiro atoms. The van der Waals surface area contributed by atoms with Crippen molar-refractivity contribution in [3.05, 3.63) is 0 Å². The number of esters is 1. The molecule has 1 saturated carbocycles. The van der Waals surface area contributed by atoms with Crippen molar-refractivity contribution < 1.29 is 17.9 Å². The van der Waals surface area contributed by atoms with Crippen molar-refractivity contribution in [2.24, 2.45) is 11.3 Å². The average molecular weight is 273 g/mol. The van der Waals surface area contributed by atoms with Crippen LogP contribution in [0.1, 0.15) is 26.2 Å². The summed E-state index contributed by atoms with van der Waals surface area (Å²) in [7, 11) is -2.89. The monoisotopic (exact) mass is 273 g/mol. The SMILES string of the molecule is CC12CNC(C1)C2C(=O)OC1CCS(=O)(=O)CC1. The molecule has 0 aromatic carbocycles. The zero-order valence-electron chi connectivity index (χ0n) is 10.5. The Morgan fingerprint density at radius 3 is 2.50 bits per heavy atom. The van der Waals surface area contributed by atoms with E-state index in [2.05, 4.69) is 12.2 Å². The van der Waals surface area contributed by atoms with E-state index in [1.807, 2.05) is 0 Å². The van der Waals surface area contributed by atoms with Crippen LogP contribution >= 0.6 is 0 Å². The van der Waals surface area contributed by atoms with E-state index in [0.717, 1.165) is 13.0 Å². The first-order chi connectivity index (χ1) is 8.40. The Morgan fingerprint density at radius 2 is 2.00 bits per heavy atom. The van der Waals surface area contributed by atoms with E-state index in [1.165, 1.54) is 0 Å². The van der Waals surface area contributed by atoms with Crippen LogP contribution in [0, 0.1) is 11.3 Å². The third kappa shape index (κ3) is 1.95. The molecule has 3 saturated heterocycles. The van der Waals surface area contributed by atoms with Crippen LogP contribution in [0.3, 0.4) is 0 Å². The summed E-state index contributed by atoms with van der Waals surface area (Å²) in [6, 6.07) is 0.273. The van der Waals surface area contributed by atoms with Crippen LogP contribution < -0.4 is 5.32 Å². The number of nitrogens with one attached hydrogen (secondary N) is 1. The minimum atomic E-state index is -2.89. The fourth-order valence-electron chi connectivity index (χ4n) is 3.48. The molecule has 4 aliphatic rings. The summed E-state index contributed by atoms with van der Waals surface area (Å²) in [5.74, 6) is 0.127. The van der Waals surface area contributed by atoms with Gasteiger partial charge in [0.1, 0.15) is 6.10 Å². The van der Waals surface area contributed by atoms with Crippen molar-refractivity contribution in [3.8, 4) is 0 Å². The van der Waals surface area contributed by atoms with Crippen LogP contribution in [-0.2, 0) is 19.4 Å². The van der Waals surface area contributed by atoms with Gasteiger partial charge in [0.25, 0.3) is 0 Å². The van der Waals surface area contributed by atoms with Gasteiger partial charge in [-0.2, -0.15) is 0 Å². The highest BCUT2D eigenvalue weighted by Crippen LogP contribution is 2.51. The molecule has 5 nitrogen and oxygen atoms in total. The van der Waals surface area contributed by atoms with Crippen molar-refractivity contribution in [1.29, 1.82) is 0 Å². The molecular formula is C12H19NO4S. The van der Waals surface area contributed by atoms with Gasteiger partial charge in [0.2, 0.25) is 0 Å². The fraction of sp³-hybridized carbons (Fsp3) is 0.917. The van der Waals surface area contributed by atoms with Gasteiger partial charge in [0.15, 0.2) is 9.84 Å². The quantitative estimate of drug-likeness (QED) is 0.723. The molecule has 0 aromatic rings. The topological polar surface area (TPSA) is 72.5 Å². The van der Waals surface area contributed by atoms with E-state index in [9.17, 15) is 13.2 Å². The van der Waals surface area contributed by atoms with Crippen molar-refractivity contribution >= 4 is 15.8 Å². The molecule has 1 aliphatic carbocycles. The smallest absolute Gasteiger partial charge is 0.311 e. The largest absolute Gasteiger partial charge is 0.462 e. The first-order valence-electron chi connectivity index (χ1n) is 6.54. The Labute approximate surface area is 107 Å². The minimum absolute atomic E-state index is 0.0315. The summed E-state index contributed by atoms with van der Waals surface area (Å²) < 4.78 is 28.1. The first-order valence-corrected chi connectivity index (χ1v) is 8.36. The molecule has 3 unspecified atom stereocenters. The summed E-state index contributed by atoms with van der Waals surface area (Å²) in [6.07, 6.45) is 1.75. The second-order valence-electron chi connectivity index (χ2n) is 6.11. The molecule has 0 aromatic heterocycles. The molecule has 6 heteroatoms. The van der Waals surface area contributed by atoms with Crippen molar-refractivity contribution in [2.75, 3.05) is 18.1 Å². The lowest BCUT2D eigenvalue weighted by atomic mass is 9.62. The number of sulfone groups is 1. The van der Waals surface area contributed by atoms with Crippen LogP contribution in [0.2, 0.25) is 0 Å². The van der Waals surface area contributed by atoms with Gasteiger partial charge in [-0.25, -0.2) is 8.42 Å². The molecule has 3 aliphatic heterocycles. The molecule has 3 heterocycles. The first kappa shape index (κ1) is 12.4. The second-order valence-corrected chi connectivity index (χ2v) is 8.41. The van der Waals surface area contributed by atoms with Gasteiger partial charge in [0, 0.05) is 12.6 Å². The molecule has 2 bridgehead atoms. The number of hydrogen-bond acceptors (Lipinski definition) is 5. The maximum Gasteiger partial charge on any atom is 0.311 e. The van der Waals surface area contributed by atoms with Crippen LogP contribution in [-0.4, -0.2) is 44.6 Å². The third-order valence-electron chi connectivity index (χ3n) is 4.65. The lowest BCUT2D eigenvalue weighted by Gasteiger charge is -2.42. The lowest BCUT2D eigenvalue weighted by molar-refractivity contribution is -0.163. The summed E-state index contributed by atoms with van der Waals surface area (Å²) in [6.45, 7) is 3.00. The zero-order valence-corrected chi connectivity index (χ0v) is 11.3. The van der Waals surface area contributed by atoms with E-state index >= 15 is 0 Å². The van der Waals surface area contributed by atoms with Gasteiger partial charge in [0.05, 0.1) is 17.4 Å². The highest BCUT2D eigenvalue weighted by molar-refractivity contribution is 7.91. The highest BCUT2D eigenvalue weighted by Gasteiger charge is 2.60. The van der Waals surface area contributed by atoms with Gasteiger partial charge in [-0.15, -0.1) is 0 Å². The van der Waals surface area contributed by atoms with Crippen LogP contribution in [0.25, 0.3) is 0 Å². The number of rotatable bonds is 2. The van der Waals surface area contributed by atoms with Crippen LogP contribution in [0.15, 0.2) is 0 Å². The van der Waals surface area contributed by atoms with E-state index in [4.69, 9.17) is 4.74 Å². The molecule has 0 amide bonds. The number of ether oxygens (including phenoxy) is 1. The number of hydrogen-bond donors (Lipinski definition) is 1. The maximum atomic E-state index is 12.1. The van der Waals surface area contributed by atoms with Crippen LogP contribution in [0.5, 0.6) is 0 Å². The Balaban J connectivity index is 1.57. The summed E-state index contributed by atoms with van der Waals surface area (Å²) in [5.41, 5.74) is 0.0580. The Bertz CT molecular complexity index is 456. The number of carbonyl (C=O) groups is 1. The van der Waals surface area contributed by atoms with E-state index in [-0.39, 0.29) is 41.0 Å². The van der Waals surface area contributed by atoms with E-state index < -0.39 is 9.84 Å². The summed E-state index contributed by atoms with van der Waals surface area (Å²) >= 11 is 0. The average Bonchev–Trinajstić information content (AvgIpc) is 2.78. The molecule has 0 radical (unpaired) electrons. The van der Waals surface area contributed by atoms with E-state index in [0.29, 0.717) is 12.8 Å². The van der Waals surface area contributed by atoms with Gasteiger partial charge in [-0.05, 0) is 24.7 Å². The maximum absolute atomic E-state index is 12.1. The minimum Gasteiger partial charge on any atom is -0.462 e. The molecule has 4 rings (SSSR count). The Hall–Kier alpha value is -0.620. The van der Waals surface area contributed by atoms with Crippen molar-refractivity contribution in [1.82, 2.24) is 5.32 Å². The zero-order chi connectivity index (χ0) is 13.0. The molecule has 1 N–H and O–H groups in total. The lowest BCUT2D eigenvalue weighted by Crippen LogP contribution is -2.50. The molecular weight excluding hydrogens is 254 g/mol. The fourth-order valence-corrected chi connectivity index (χ4v) is 4.93.